The zero-order chi connectivity index (χ0) is 19.7. The Kier molecular flexibility index (Phi) is 4.53. The molecule has 4 rings (SSSR count). The van der Waals surface area contributed by atoms with Gasteiger partial charge in [-0.2, -0.15) is 0 Å². The number of benzene rings is 4. The molecule has 0 bridgehead atoms. The van der Waals surface area contributed by atoms with Crippen molar-refractivity contribution in [3.8, 4) is 22.6 Å². The second-order valence-corrected chi connectivity index (χ2v) is 6.43. The van der Waals surface area contributed by atoms with Crippen molar-refractivity contribution in [2.75, 3.05) is 14.2 Å². The van der Waals surface area contributed by atoms with Gasteiger partial charge in [-0.25, -0.2) is 0 Å². The number of hydrogen-bond donors (Lipinski definition) is 0. The van der Waals surface area contributed by atoms with Crippen LogP contribution < -0.4 is 9.47 Å². The van der Waals surface area contributed by atoms with Crippen LogP contribution in [0.15, 0.2) is 60.7 Å². The molecule has 0 N–H and O–H groups in total. The van der Waals surface area contributed by atoms with Crippen LogP contribution in [0.2, 0.25) is 0 Å². The van der Waals surface area contributed by atoms with Crippen LogP contribution >= 0.6 is 0 Å². The molecular weight excluding hydrogens is 352 g/mol. The quantitative estimate of drug-likeness (QED) is 0.447. The van der Waals surface area contributed by atoms with Crippen molar-refractivity contribution in [1.82, 2.24) is 0 Å². The standard InChI is InChI=1S/C24H18O4/c1-27-23-19-10-6-5-9-18(19)22(24(28-2)21(23)14-26)20-12-15(13-25)11-16-7-3-4-8-17(16)20/h3-14H,1-2H3. The predicted octanol–water partition coefficient (Wildman–Crippen LogP) is 5.30. The Hall–Kier alpha value is -3.66. The number of aldehydes is 2. The van der Waals surface area contributed by atoms with Crippen LogP contribution in [0, 0.1) is 0 Å². The van der Waals surface area contributed by atoms with E-state index < -0.39 is 0 Å². The molecule has 138 valence electrons. The van der Waals surface area contributed by atoms with Crippen LogP contribution in [0.25, 0.3) is 32.7 Å². The van der Waals surface area contributed by atoms with E-state index in [1.807, 2.05) is 60.7 Å². The molecule has 0 saturated heterocycles. The number of carbonyl (C=O) groups is 2. The smallest absolute Gasteiger partial charge is 0.157 e. The molecule has 0 saturated carbocycles. The monoisotopic (exact) mass is 370 g/mol. The van der Waals surface area contributed by atoms with E-state index in [0.717, 1.165) is 45.2 Å². The van der Waals surface area contributed by atoms with Crippen molar-refractivity contribution in [2.45, 2.75) is 0 Å². The first-order chi connectivity index (χ1) is 13.7. The van der Waals surface area contributed by atoms with Crippen LogP contribution in [-0.2, 0) is 0 Å². The number of hydrogen-bond acceptors (Lipinski definition) is 4. The Bertz CT molecular complexity index is 1220. The van der Waals surface area contributed by atoms with Crippen LogP contribution in [0.5, 0.6) is 11.5 Å². The topological polar surface area (TPSA) is 52.6 Å². The zero-order valence-corrected chi connectivity index (χ0v) is 15.6. The Labute approximate surface area is 162 Å². The lowest BCUT2D eigenvalue weighted by atomic mass is 9.89. The molecule has 0 aromatic heterocycles. The third-order valence-corrected chi connectivity index (χ3v) is 4.97. The van der Waals surface area contributed by atoms with Gasteiger partial charge in [0.2, 0.25) is 0 Å². The highest BCUT2D eigenvalue weighted by Gasteiger charge is 2.23. The zero-order valence-electron chi connectivity index (χ0n) is 15.6. The molecule has 0 aliphatic rings. The third-order valence-electron chi connectivity index (χ3n) is 4.97. The van der Waals surface area contributed by atoms with Gasteiger partial charge < -0.3 is 9.47 Å². The van der Waals surface area contributed by atoms with Gasteiger partial charge >= 0.3 is 0 Å². The van der Waals surface area contributed by atoms with Gasteiger partial charge in [-0.05, 0) is 33.9 Å². The SMILES string of the molecule is COc1c(C=O)c(OC)c2ccccc2c1-c1cc(C=O)cc2ccccc12. The summed E-state index contributed by atoms with van der Waals surface area (Å²) in [5, 5.41) is 3.61. The van der Waals surface area contributed by atoms with Crippen LogP contribution in [-0.4, -0.2) is 26.8 Å². The molecule has 0 unspecified atom stereocenters. The Morgan fingerprint density at radius 3 is 2.00 bits per heavy atom. The lowest BCUT2D eigenvalue weighted by molar-refractivity contribution is 0.111. The van der Waals surface area contributed by atoms with Crippen molar-refractivity contribution in [1.29, 1.82) is 0 Å². The lowest BCUT2D eigenvalue weighted by Gasteiger charge is -2.19. The van der Waals surface area contributed by atoms with Crippen molar-refractivity contribution < 1.29 is 19.1 Å². The van der Waals surface area contributed by atoms with Gasteiger partial charge in [0, 0.05) is 16.5 Å². The molecule has 28 heavy (non-hydrogen) atoms. The minimum absolute atomic E-state index is 0.347. The van der Waals surface area contributed by atoms with Crippen LogP contribution in [0.4, 0.5) is 0 Å². The Morgan fingerprint density at radius 1 is 0.714 bits per heavy atom. The van der Waals surface area contributed by atoms with E-state index in [9.17, 15) is 9.59 Å². The average molecular weight is 370 g/mol. The first-order valence-electron chi connectivity index (χ1n) is 8.83. The van der Waals surface area contributed by atoms with Crippen molar-refractivity contribution in [3.63, 3.8) is 0 Å². The van der Waals surface area contributed by atoms with E-state index in [-0.39, 0.29) is 0 Å². The van der Waals surface area contributed by atoms with Gasteiger partial charge in [-0.1, -0.05) is 48.5 Å². The second-order valence-electron chi connectivity index (χ2n) is 6.43. The summed E-state index contributed by atoms with van der Waals surface area (Å²) in [6, 6.07) is 19.2. The minimum Gasteiger partial charge on any atom is -0.495 e. The summed E-state index contributed by atoms with van der Waals surface area (Å²) in [5.74, 6) is 0.904. The van der Waals surface area contributed by atoms with Gasteiger partial charge in [-0.3, -0.25) is 9.59 Å². The molecule has 0 aliphatic heterocycles. The molecule has 0 heterocycles. The van der Waals surface area contributed by atoms with Crippen molar-refractivity contribution in [2.24, 2.45) is 0 Å². The number of ether oxygens (including phenoxy) is 2. The molecule has 0 spiro atoms. The Morgan fingerprint density at radius 2 is 1.36 bits per heavy atom. The van der Waals surface area contributed by atoms with Gasteiger partial charge in [-0.15, -0.1) is 0 Å². The normalized spacial score (nSPS) is 10.8. The van der Waals surface area contributed by atoms with Crippen LogP contribution in [0.3, 0.4) is 0 Å². The van der Waals surface area contributed by atoms with Crippen molar-refractivity contribution >= 4 is 34.1 Å². The summed E-state index contributed by atoms with van der Waals surface area (Å²) >= 11 is 0. The van der Waals surface area contributed by atoms with E-state index in [1.54, 1.807) is 0 Å². The fourth-order valence-corrected chi connectivity index (χ4v) is 3.82. The minimum atomic E-state index is 0.347. The number of rotatable bonds is 5. The van der Waals surface area contributed by atoms with E-state index in [1.165, 1.54) is 14.2 Å². The molecule has 0 aliphatic carbocycles. The van der Waals surface area contributed by atoms with E-state index in [0.29, 0.717) is 22.6 Å². The van der Waals surface area contributed by atoms with Gasteiger partial charge in [0.05, 0.1) is 19.8 Å². The lowest BCUT2D eigenvalue weighted by Crippen LogP contribution is -2.01. The van der Waals surface area contributed by atoms with Crippen LogP contribution in [0.1, 0.15) is 20.7 Å². The van der Waals surface area contributed by atoms with E-state index >= 15 is 0 Å². The Balaban J connectivity index is 2.26. The van der Waals surface area contributed by atoms with E-state index in [4.69, 9.17) is 9.47 Å². The fraction of sp³-hybridized carbons (Fsp3) is 0.0833. The predicted molar refractivity (Wildman–Crippen MR) is 111 cm³/mol. The summed E-state index contributed by atoms with van der Waals surface area (Å²) in [4.78, 5) is 23.5. The van der Waals surface area contributed by atoms with Gasteiger partial charge in [0.1, 0.15) is 17.8 Å². The molecule has 4 heteroatoms. The summed E-state index contributed by atoms with van der Waals surface area (Å²) in [7, 11) is 3.07. The summed E-state index contributed by atoms with van der Waals surface area (Å²) in [6.07, 6.45) is 1.58. The summed E-state index contributed by atoms with van der Waals surface area (Å²) in [6.45, 7) is 0. The van der Waals surface area contributed by atoms with Crippen molar-refractivity contribution in [3.05, 3.63) is 71.8 Å². The molecule has 4 aromatic carbocycles. The van der Waals surface area contributed by atoms with Gasteiger partial charge in [0.25, 0.3) is 0 Å². The molecule has 0 radical (unpaired) electrons. The molecule has 0 amide bonds. The highest BCUT2D eigenvalue weighted by molar-refractivity contribution is 6.14. The third kappa shape index (κ3) is 2.62. The second kappa shape index (κ2) is 7.16. The fourth-order valence-electron chi connectivity index (χ4n) is 3.82. The molecule has 4 aromatic rings. The maximum Gasteiger partial charge on any atom is 0.157 e. The average Bonchev–Trinajstić information content (AvgIpc) is 2.76. The molecule has 0 atom stereocenters. The van der Waals surface area contributed by atoms with E-state index in [2.05, 4.69) is 0 Å². The first kappa shape index (κ1) is 17.7. The number of carbonyl (C=O) groups excluding carboxylic acids is 2. The van der Waals surface area contributed by atoms with Gasteiger partial charge in [0.15, 0.2) is 6.29 Å². The number of methoxy groups -OCH3 is 2. The molecule has 4 nitrogen and oxygen atoms in total. The largest absolute Gasteiger partial charge is 0.495 e. The maximum atomic E-state index is 12.0. The summed E-state index contributed by atoms with van der Waals surface area (Å²) in [5.41, 5.74) is 2.50. The highest BCUT2D eigenvalue weighted by atomic mass is 16.5. The molecule has 0 fully saturated rings. The maximum absolute atomic E-state index is 12.0. The molecular formula is C24H18O4. The summed E-state index contributed by atoms with van der Waals surface area (Å²) < 4.78 is 11.2. The first-order valence-corrected chi connectivity index (χ1v) is 8.83. The number of fused-ring (bicyclic) bond motifs is 2. The highest BCUT2D eigenvalue weighted by Crippen LogP contribution is 2.47.